The van der Waals surface area contributed by atoms with E-state index in [4.69, 9.17) is 4.74 Å². The van der Waals surface area contributed by atoms with E-state index < -0.39 is 0 Å². The zero-order valence-corrected chi connectivity index (χ0v) is 8.84. The van der Waals surface area contributed by atoms with Crippen molar-refractivity contribution in [3.8, 4) is 0 Å². The highest BCUT2D eigenvalue weighted by molar-refractivity contribution is 5.74. The van der Waals surface area contributed by atoms with Gasteiger partial charge in [-0.2, -0.15) is 0 Å². The van der Waals surface area contributed by atoms with Crippen molar-refractivity contribution in [2.75, 3.05) is 6.61 Å². The first-order valence-corrected chi connectivity index (χ1v) is 5.64. The highest BCUT2D eigenvalue weighted by atomic mass is 16.5. The summed E-state index contributed by atoms with van der Waals surface area (Å²) in [4.78, 5) is 11.5. The van der Waals surface area contributed by atoms with Crippen LogP contribution in [0, 0.1) is 5.92 Å². The lowest BCUT2D eigenvalue weighted by Gasteiger charge is -2.10. The molecule has 0 radical (unpaired) electrons. The second kappa shape index (κ2) is 6.63. The van der Waals surface area contributed by atoms with Gasteiger partial charge in [-0.25, -0.2) is 0 Å². The van der Waals surface area contributed by atoms with Crippen LogP contribution in [-0.4, -0.2) is 12.6 Å². The second-order valence-corrected chi connectivity index (χ2v) is 3.92. The molecule has 1 atom stereocenters. The van der Waals surface area contributed by atoms with E-state index in [-0.39, 0.29) is 11.9 Å². The molecule has 0 bridgehead atoms. The second-order valence-electron chi connectivity index (χ2n) is 3.92. The van der Waals surface area contributed by atoms with Crippen LogP contribution < -0.4 is 0 Å². The van der Waals surface area contributed by atoms with Crippen LogP contribution in [0.15, 0.2) is 12.7 Å². The maximum absolute atomic E-state index is 11.5. The van der Waals surface area contributed by atoms with Crippen molar-refractivity contribution in [1.82, 2.24) is 0 Å². The van der Waals surface area contributed by atoms with E-state index in [1.54, 1.807) is 6.08 Å². The minimum atomic E-state index is -0.0816. The van der Waals surface area contributed by atoms with Gasteiger partial charge in [0, 0.05) is 0 Å². The summed E-state index contributed by atoms with van der Waals surface area (Å²) in [5, 5.41) is 0. The lowest BCUT2D eigenvalue weighted by atomic mass is 10.0. The summed E-state index contributed by atoms with van der Waals surface area (Å²) < 4.78 is 5.17. The minimum Gasteiger partial charge on any atom is -0.465 e. The molecule has 0 aliphatic carbocycles. The van der Waals surface area contributed by atoms with Gasteiger partial charge in [0.05, 0.1) is 12.5 Å². The van der Waals surface area contributed by atoms with Crippen LogP contribution in [0.3, 0.4) is 0 Å². The van der Waals surface area contributed by atoms with Gasteiger partial charge in [0.1, 0.15) is 0 Å². The zero-order valence-electron chi connectivity index (χ0n) is 8.84. The van der Waals surface area contributed by atoms with Gasteiger partial charge in [-0.1, -0.05) is 38.2 Å². The Labute approximate surface area is 86.3 Å². The zero-order chi connectivity index (χ0) is 10.2. The monoisotopic (exact) mass is 196 g/mol. The fourth-order valence-electron chi connectivity index (χ4n) is 1.79. The van der Waals surface area contributed by atoms with Crippen LogP contribution in [0.25, 0.3) is 0 Å². The third-order valence-electron chi connectivity index (χ3n) is 2.74. The van der Waals surface area contributed by atoms with Gasteiger partial charge in [-0.3, -0.25) is 4.79 Å². The fraction of sp³-hybridized carbons (Fsp3) is 0.750. The molecule has 0 aromatic carbocycles. The maximum Gasteiger partial charge on any atom is 0.312 e. The standard InChI is InChI=1S/C12H20O2/c1-2-11-9-7-5-3-4-6-8-10-14-12(11)13/h2,11H,1,3-10H2. The Morgan fingerprint density at radius 2 is 1.79 bits per heavy atom. The topological polar surface area (TPSA) is 26.3 Å². The summed E-state index contributed by atoms with van der Waals surface area (Å²) in [5.74, 6) is -0.157. The molecular weight excluding hydrogens is 176 g/mol. The summed E-state index contributed by atoms with van der Waals surface area (Å²) in [6.07, 6.45) is 9.74. The summed E-state index contributed by atoms with van der Waals surface area (Å²) in [5.41, 5.74) is 0. The van der Waals surface area contributed by atoms with E-state index >= 15 is 0 Å². The molecule has 0 aromatic heterocycles. The Kier molecular flexibility index (Phi) is 5.35. The molecule has 80 valence electrons. The van der Waals surface area contributed by atoms with Crippen LogP contribution >= 0.6 is 0 Å². The van der Waals surface area contributed by atoms with Gasteiger partial charge in [0.25, 0.3) is 0 Å². The van der Waals surface area contributed by atoms with Crippen molar-refractivity contribution in [3.63, 3.8) is 0 Å². The highest BCUT2D eigenvalue weighted by Gasteiger charge is 2.16. The third-order valence-corrected chi connectivity index (χ3v) is 2.74. The summed E-state index contributed by atoms with van der Waals surface area (Å²) in [7, 11) is 0. The van der Waals surface area contributed by atoms with Gasteiger partial charge >= 0.3 is 5.97 Å². The molecule has 0 N–H and O–H groups in total. The van der Waals surface area contributed by atoms with Crippen molar-refractivity contribution < 1.29 is 9.53 Å². The number of hydrogen-bond acceptors (Lipinski definition) is 2. The molecule has 1 fully saturated rings. The Hall–Kier alpha value is -0.790. The van der Waals surface area contributed by atoms with E-state index in [1.807, 2.05) is 0 Å². The molecule has 14 heavy (non-hydrogen) atoms. The number of esters is 1. The Bertz CT molecular complexity index is 187. The molecule has 0 aromatic rings. The molecule has 2 nitrogen and oxygen atoms in total. The van der Waals surface area contributed by atoms with Crippen molar-refractivity contribution in [2.45, 2.75) is 44.9 Å². The van der Waals surface area contributed by atoms with E-state index in [0.29, 0.717) is 6.61 Å². The Morgan fingerprint density at radius 3 is 2.50 bits per heavy atom. The van der Waals surface area contributed by atoms with Crippen LogP contribution in [0.1, 0.15) is 44.9 Å². The van der Waals surface area contributed by atoms with Crippen LogP contribution in [0.4, 0.5) is 0 Å². The molecule has 1 saturated heterocycles. The van der Waals surface area contributed by atoms with E-state index in [2.05, 4.69) is 6.58 Å². The molecule has 0 saturated carbocycles. The lowest BCUT2D eigenvalue weighted by Crippen LogP contribution is -2.16. The molecule has 2 heteroatoms. The first kappa shape index (κ1) is 11.3. The number of hydrogen-bond donors (Lipinski definition) is 0. The lowest BCUT2D eigenvalue weighted by molar-refractivity contribution is -0.147. The van der Waals surface area contributed by atoms with Crippen LogP contribution in [0.2, 0.25) is 0 Å². The molecular formula is C12H20O2. The molecule has 1 heterocycles. The molecule has 1 rings (SSSR count). The predicted octanol–water partition coefficient (Wildman–Crippen LogP) is 3.08. The number of carbonyl (C=O) groups is 1. The quantitative estimate of drug-likeness (QED) is 0.476. The molecule has 1 aliphatic heterocycles. The molecule has 0 spiro atoms. The van der Waals surface area contributed by atoms with Gasteiger partial charge < -0.3 is 4.74 Å². The Morgan fingerprint density at radius 1 is 1.14 bits per heavy atom. The minimum absolute atomic E-state index is 0.0758. The first-order valence-electron chi connectivity index (χ1n) is 5.64. The maximum atomic E-state index is 11.5. The summed E-state index contributed by atoms with van der Waals surface area (Å²) >= 11 is 0. The van der Waals surface area contributed by atoms with Crippen LogP contribution in [0.5, 0.6) is 0 Å². The molecule has 1 unspecified atom stereocenters. The van der Waals surface area contributed by atoms with Gasteiger partial charge in [0.15, 0.2) is 0 Å². The average molecular weight is 196 g/mol. The van der Waals surface area contributed by atoms with Gasteiger partial charge in [0.2, 0.25) is 0 Å². The SMILES string of the molecule is C=CC1CCCCCCCCOC1=O. The molecule has 1 aliphatic rings. The number of rotatable bonds is 1. The third kappa shape index (κ3) is 3.95. The van der Waals surface area contributed by atoms with E-state index in [9.17, 15) is 4.79 Å². The largest absolute Gasteiger partial charge is 0.465 e. The van der Waals surface area contributed by atoms with Crippen molar-refractivity contribution in [3.05, 3.63) is 12.7 Å². The fourth-order valence-corrected chi connectivity index (χ4v) is 1.79. The highest BCUT2D eigenvalue weighted by Crippen LogP contribution is 2.16. The molecule has 0 amide bonds. The van der Waals surface area contributed by atoms with Gasteiger partial charge in [-0.05, 0) is 12.8 Å². The van der Waals surface area contributed by atoms with Gasteiger partial charge in [-0.15, -0.1) is 6.58 Å². The number of carbonyl (C=O) groups excluding carboxylic acids is 1. The summed E-state index contributed by atoms with van der Waals surface area (Å²) in [6.45, 7) is 4.27. The normalized spacial score (nSPS) is 26.0. The first-order chi connectivity index (χ1) is 6.84. The van der Waals surface area contributed by atoms with E-state index in [1.165, 1.54) is 25.7 Å². The van der Waals surface area contributed by atoms with E-state index in [0.717, 1.165) is 19.3 Å². The number of ether oxygens (including phenoxy) is 1. The van der Waals surface area contributed by atoms with Crippen molar-refractivity contribution in [2.24, 2.45) is 5.92 Å². The Balaban J connectivity index is 2.41. The average Bonchev–Trinajstić information content (AvgIpc) is 2.24. The van der Waals surface area contributed by atoms with Crippen molar-refractivity contribution in [1.29, 1.82) is 0 Å². The smallest absolute Gasteiger partial charge is 0.312 e. The summed E-state index contributed by atoms with van der Waals surface area (Å²) in [6, 6.07) is 0. The van der Waals surface area contributed by atoms with Crippen LogP contribution in [-0.2, 0) is 9.53 Å². The van der Waals surface area contributed by atoms with Crippen molar-refractivity contribution >= 4 is 5.97 Å². The number of cyclic esters (lactones) is 1. The predicted molar refractivity (Wildman–Crippen MR) is 57.0 cm³/mol.